The number of carboxylic acid groups (broad SMARTS) is 1. The number of halogens is 2. The summed E-state index contributed by atoms with van der Waals surface area (Å²) >= 11 is 0. The standard InChI is InChI=1S/C15H19F2NO3/c1-10(11-2-3-13(16)14(17)8-11)18-6-4-12(5-7-18)21-9-15(19)20/h2-3,8,10,12H,4-7,9H2,1H3,(H,19,20). The maximum absolute atomic E-state index is 13.3. The molecule has 6 heteroatoms. The molecule has 116 valence electrons. The van der Waals surface area contributed by atoms with E-state index in [1.54, 1.807) is 6.07 Å². The number of carboxylic acids is 1. The molecule has 1 aliphatic rings. The van der Waals surface area contributed by atoms with Gasteiger partial charge in [0.2, 0.25) is 0 Å². The van der Waals surface area contributed by atoms with Gasteiger partial charge >= 0.3 is 5.97 Å². The van der Waals surface area contributed by atoms with Gasteiger partial charge in [-0.05, 0) is 37.5 Å². The van der Waals surface area contributed by atoms with Crippen molar-refractivity contribution in [1.29, 1.82) is 0 Å². The highest BCUT2D eigenvalue weighted by Gasteiger charge is 2.24. The minimum absolute atomic E-state index is 0.0134. The van der Waals surface area contributed by atoms with Crippen LogP contribution >= 0.6 is 0 Å². The first-order valence-corrected chi connectivity index (χ1v) is 6.99. The van der Waals surface area contributed by atoms with E-state index in [4.69, 9.17) is 9.84 Å². The highest BCUT2D eigenvalue weighted by atomic mass is 19.2. The lowest BCUT2D eigenvalue weighted by Crippen LogP contribution is -2.39. The van der Waals surface area contributed by atoms with Gasteiger partial charge in [0, 0.05) is 19.1 Å². The third kappa shape index (κ3) is 4.22. The van der Waals surface area contributed by atoms with Crippen LogP contribution in [0.5, 0.6) is 0 Å². The van der Waals surface area contributed by atoms with Crippen molar-refractivity contribution in [1.82, 2.24) is 4.90 Å². The molecule has 1 saturated heterocycles. The van der Waals surface area contributed by atoms with Gasteiger partial charge in [0.05, 0.1) is 6.10 Å². The number of piperidine rings is 1. The van der Waals surface area contributed by atoms with E-state index in [1.165, 1.54) is 6.07 Å². The van der Waals surface area contributed by atoms with Crippen LogP contribution in [0.15, 0.2) is 18.2 Å². The molecule has 0 bridgehead atoms. The van der Waals surface area contributed by atoms with Gasteiger partial charge in [-0.3, -0.25) is 4.90 Å². The Morgan fingerprint density at radius 3 is 2.62 bits per heavy atom. The van der Waals surface area contributed by atoms with Crippen molar-refractivity contribution in [3.63, 3.8) is 0 Å². The number of likely N-dealkylation sites (tertiary alicyclic amines) is 1. The fraction of sp³-hybridized carbons (Fsp3) is 0.533. The second kappa shape index (κ2) is 6.95. The molecule has 4 nitrogen and oxygen atoms in total. The minimum atomic E-state index is -0.965. The van der Waals surface area contributed by atoms with Gasteiger partial charge in [-0.25, -0.2) is 13.6 Å². The van der Waals surface area contributed by atoms with Crippen molar-refractivity contribution in [2.24, 2.45) is 0 Å². The van der Waals surface area contributed by atoms with E-state index in [0.717, 1.165) is 37.6 Å². The first-order chi connectivity index (χ1) is 9.97. The van der Waals surface area contributed by atoms with Crippen LogP contribution in [0.25, 0.3) is 0 Å². The van der Waals surface area contributed by atoms with Crippen LogP contribution in [-0.2, 0) is 9.53 Å². The van der Waals surface area contributed by atoms with Crippen LogP contribution in [-0.4, -0.2) is 41.8 Å². The average Bonchev–Trinajstić information content (AvgIpc) is 2.48. The molecule has 1 N–H and O–H groups in total. The number of nitrogens with zero attached hydrogens (tertiary/aromatic N) is 1. The molecular weight excluding hydrogens is 280 g/mol. The van der Waals surface area contributed by atoms with Gasteiger partial charge in [0.1, 0.15) is 6.61 Å². The Kier molecular flexibility index (Phi) is 5.25. The molecular formula is C15H19F2NO3. The molecule has 1 atom stereocenters. The van der Waals surface area contributed by atoms with E-state index < -0.39 is 17.6 Å². The van der Waals surface area contributed by atoms with E-state index in [-0.39, 0.29) is 18.8 Å². The Hall–Kier alpha value is -1.53. The maximum Gasteiger partial charge on any atom is 0.329 e. The normalized spacial score (nSPS) is 18.6. The molecule has 1 aromatic carbocycles. The van der Waals surface area contributed by atoms with E-state index in [9.17, 15) is 13.6 Å². The summed E-state index contributed by atoms with van der Waals surface area (Å²) in [6, 6.07) is 3.95. The predicted molar refractivity (Wildman–Crippen MR) is 73.0 cm³/mol. The number of hydrogen-bond acceptors (Lipinski definition) is 3. The third-order valence-corrected chi connectivity index (χ3v) is 3.89. The van der Waals surface area contributed by atoms with Gasteiger partial charge in [-0.15, -0.1) is 0 Å². The summed E-state index contributed by atoms with van der Waals surface area (Å²) in [6.07, 6.45) is 1.43. The average molecular weight is 299 g/mol. The topological polar surface area (TPSA) is 49.8 Å². The molecule has 1 fully saturated rings. The number of benzene rings is 1. The number of carbonyl (C=O) groups is 1. The lowest BCUT2D eigenvalue weighted by Gasteiger charge is -2.36. The van der Waals surface area contributed by atoms with Gasteiger partial charge in [-0.2, -0.15) is 0 Å². The summed E-state index contributed by atoms with van der Waals surface area (Å²) in [4.78, 5) is 12.6. The van der Waals surface area contributed by atoms with Crippen LogP contribution < -0.4 is 0 Å². The van der Waals surface area contributed by atoms with Crippen molar-refractivity contribution in [3.05, 3.63) is 35.4 Å². The third-order valence-electron chi connectivity index (χ3n) is 3.89. The van der Waals surface area contributed by atoms with E-state index in [0.29, 0.717) is 0 Å². The Labute approximate surface area is 122 Å². The second-order valence-corrected chi connectivity index (χ2v) is 5.29. The Morgan fingerprint density at radius 2 is 2.05 bits per heavy atom. The second-order valence-electron chi connectivity index (χ2n) is 5.29. The molecule has 1 unspecified atom stereocenters. The molecule has 1 aromatic rings. The van der Waals surface area contributed by atoms with Gasteiger partial charge in [0.15, 0.2) is 11.6 Å². The summed E-state index contributed by atoms with van der Waals surface area (Å²) in [5.41, 5.74) is 0.735. The van der Waals surface area contributed by atoms with Gasteiger partial charge in [0.25, 0.3) is 0 Å². The summed E-state index contributed by atoms with van der Waals surface area (Å²) < 4.78 is 31.5. The van der Waals surface area contributed by atoms with Crippen molar-refractivity contribution >= 4 is 5.97 Å². The first kappa shape index (κ1) is 15.9. The molecule has 0 radical (unpaired) electrons. The maximum atomic E-state index is 13.3. The zero-order chi connectivity index (χ0) is 15.4. The van der Waals surface area contributed by atoms with Gasteiger partial charge in [-0.1, -0.05) is 6.07 Å². The molecule has 0 spiro atoms. The Bertz CT molecular complexity index is 502. The fourth-order valence-electron chi connectivity index (χ4n) is 2.60. The van der Waals surface area contributed by atoms with Crippen LogP contribution in [0, 0.1) is 11.6 Å². The van der Waals surface area contributed by atoms with Crippen molar-refractivity contribution in [3.8, 4) is 0 Å². The molecule has 0 aliphatic carbocycles. The highest BCUT2D eigenvalue weighted by Crippen LogP contribution is 2.26. The van der Waals surface area contributed by atoms with E-state index >= 15 is 0 Å². The minimum Gasteiger partial charge on any atom is -0.480 e. The molecule has 0 aromatic heterocycles. The quantitative estimate of drug-likeness (QED) is 0.908. The van der Waals surface area contributed by atoms with Crippen molar-refractivity contribution in [2.75, 3.05) is 19.7 Å². The zero-order valence-corrected chi connectivity index (χ0v) is 11.9. The fourth-order valence-corrected chi connectivity index (χ4v) is 2.60. The smallest absolute Gasteiger partial charge is 0.329 e. The Balaban J connectivity index is 1.89. The zero-order valence-electron chi connectivity index (χ0n) is 11.9. The summed E-state index contributed by atoms with van der Waals surface area (Å²) in [6.45, 7) is 3.16. The molecule has 1 aliphatic heterocycles. The van der Waals surface area contributed by atoms with Crippen LogP contribution in [0.2, 0.25) is 0 Å². The molecule has 21 heavy (non-hydrogen) atoms. The van der Waals surface area contributed by atoms with E-state index in [2.05, 4.69) is 4.90 Å². The first-order valence-electron chi connectivity index (χ1n) is 6.99. The summed E-state index contributed by atoms with van der Waals surface area (Å²) in [5, 5.41) is 8.58. The van der Waals surface area contributed by atoms with Crippen molar-refractivity contribution < 1.29 is 23.4 Å². The molecule has 2 rings (SSSR count). The van der Waals surface area contributed by atoms with E-state index in [1.807, 2.05) is 6.92 Å². The molecule has 0 amide bonds. The van der Waals surface area contributed by atoms with Crippen LogP contribution in [0.1, 0.15) is 31.4 Å². The Morgan fingerprint density at radius 1 is 1.38 bits per heavy atom. The number of ether oxygens (including phenoxy) is 1. The molecule has 1 heterocycles. The summed E-state index contributed by atoms with van der Waals surface area (Å²) in [5.74, 6) is -2.64. The van der Waals surface area contributed by atoms with Gasteiger partial charge < -0.3 is 9.84 Å². The number of aliphatic carboxylic acids is 1. The SMILES string of the molecule is CC(c1ccc(F)c(F)c1)N1CCC(OCC(=O)O)CC1. The largest absolute Gasteiger partial charge is 0.480 e. The van der Waals surface area contributed by atoms with Crippen LogP contribution in [0.4, 0.5) is 8.78 Å². The predicted octanol–water partition coefficient (Wildman–Crippen LogP) is 2.59. The lowest BCUT2D eigenvalue weighted by molar-refractivity contribution is -0.145. The summed E-state index contributed by atoms with van der Waals surface area (Å²) in [7, 11) is 0. The number of rotatable bonds is 5. The highest BCUT2D eigenvalue weighted by molar-refractivity contribution is 5.68. The number of hydrogen-bond donors (Lipinski definition) is 1. The van der Waals surface area contributed by atoms with Crippen molar-refractivity contribution in [2.45, 2.75) is 31.9 Å². The molecule has 0 saturated carbocycles. The lowest BCUT2D eigenvalue weighted by atomic mass is 10.0. The monoisotopic (exact) mass is 299 g/mol. The van der Waals surface area contributed by atoms with Crippen LogP contribution in [0.3, 0.4) is 0 Å².